The highest BCUT2D eigenvalue weighted by molar-refractivity contribution is 8.76. The molecule has 0 atom stereocenters. The van der Waals surface area contributed by atoms with Crippen molar-refractivity contribution >= 4 is 21.6 Å². The Kier molecular flexibility index (Phi) is 3.58. The average Bonchev–Trinajstić information content (AvgIpc) is 1.84. The molecule has 0 aliphatic carbocycles. The molecule has 0 saturated heterocycles. The molecular weight excluding hydrogens is 138 g/mol. The molecule has 0 heterocycles. The summed E-state index contributed by atoms with van der Waals surface area (Å²) in [5.41, 5.74) is 3.70. The Balaban J connectivity index is 3.57. The second-order valence-corrected chi connectivity index (χ2v) is 3.23. The first kappa shape index (κ1) is 3.74. The molecule has 50 valence electrons. The van der Waals surface area contributed by atoms with E-state index in [4.69, 9.17) is 11.2 Å². The molecule has 0 aromatic carbocycles. The molecule has 0 amide bonds. The lowest BCUT2D eigenvalue weighted by molar-refractivity contribution is 1.11. The highest BCUT2D eigenvalue weighted by atomic mass is 33.1. The summed E-state index contributed by atoms with van der Waals surface area (Å²) in [6.07, 6.45) is -1.25. The van der Waals surface area contributed by atoms with Gasteiger partial charge in [-0.3, -0.25) is 0 Å². The third-order valence-corrected chi connectivity index (χ3v) is 2.27. The van der Waals surface area contributed by atoms with Crippen LogP contribution in [0.4, 0.5) is 0 Å². The van der Waals surface area contributed by atoms with Crippen molar-refractivity contribution in [3.63, 3.8) is 0 Å². The van der Waals surface area contributed by atoms with Crippen LogP contribution in [-0.4, -0.2) is 18.0 Å². The van der Waals surface area contributed by atoms with Gasteiger partial charge in [0.05, 0.1) is 0 Å². The predicted molar refractivity (Wildman–Crippen MR) is 44.3 cm³/mol. The Morgan fingerprint density at radius 2 is 2.38 bits per heavy atom. The van der Waals surface area contributed by atoms with Crippen molar-refractivity contribution in [1.82, 2.24) is 0 Å². The second kappa shape index (κ2) is 7.66. The van der Waals surface area contributed by atoms with E-state index < -0.39 is 12.1 Å². The van der Waals surface area contributed by atoms with Crippen LogP contribution < -0.4 is 5.73 Å². The summed E-state index contributed by atoms with van der Waals surface area (Å²) in [6, 6.07) is 0. The van der Waals surface area contributed by atoms with Crippen LogP contribution in [0.25, 0.3) is 0 Å². The summed E-state index contributed by atoms with van der Waals surface area (Å²) in [7, 11) is 2.17. The van der Waals surface area contributed by atoms with Gasteiger partial charge >= 0.3 is 0 Å². The van der Waals surface area contributed by atoms with E-state index in [0.717, 1.165) is 10.8 Å². The fourth-order valence-corrected chi connectivity index (χ4v) is 1.48. The monoisotopic (exact) mass is 155 g/mol. The summed E-state index contributed by atoms with van der Waals surface area (Å²) in [5.74, 6) is 0.275. The van der Waals surface area contributed by atoms with Crippen LogP contribution in [0.3, 0.4) is 0 Å². The summed E-state index contributed by atoms with van der Waals surface area (Å²) in [5, 5.41) is 0. The molecule has 0 rings (SSSR count). The topological polar surface area (TPSA) is 26.0 Å². The van der Waals surface area contributed by atoms with Gasteiger partial charge in [-0.1, -0.05) is 28.5 Å². The normalized spacial score (nSPS) is 20.8. The van der Waals surface area contributed by atoms with Gasteiger partial charge in [0, 0.05) is 23.5 Å². The number of hydrogen-bond acceptors (Lipinski definition) is 3. The van der Waals surface area contributed by atoms with Gasteiger partial charge < -0.3 is 5.73 Å². The van der Waals surface area contributed by atoms with Gasteiger partial charge in [0.15, 0.2) is 0 Å². The molecule has 3 heteroatoms. The first-order valence-corrected chi connectivity index (χ1v) is 4.59. The summed E-state index contributed by atoms with van der Waals surface area (Å²) in [6.45, 7) is 1.43. The van der Waals surface area contributed by atoms with Crippen LogP contribution in [0.15, 0.2) is 0 Å². The second-order valence-electron chi connectivity index (χ2n) is 1.05. The minimum atomic E-state index is -1.45. The quantitative estimate of drug-likeness (QED) is 0.612. The van der Waals surface area contributed by atoms with Crippen molar-refractivity contribution in [2.24, 2.45) is 5.73 Å². The zero-order chi connectivity index (χ0) is 9.83. The summed E-state index contributed by atoms with van der Waals surface area (Å²) < 4.78 is 28.8. The van der Waals surface area contributed by atoms with Crippen LogP contribution in [-0.2, 0) is 0 Å². The molecule has 0 spiro atoms. The van der Waals surface area contributed by atoms with Gasteiger partial charge in [-0.2, -0.15) is 0 Å². The first-order chi connectivity index (χ1) is 5.27. The fourth-order valence-electron chi connectivity index (χ4n) is 0.164. The van der Waals surface area contributed by atoms with E-state index in [9.17, 15) is 0 Å². The van der Waals surface area contributed by atoms with Crippen molar-refractivity contribution in [2.45, 2.75) is 13.3 Å². The van der Waals surface area contributed by atoms with Crippen LogP contribution in [0.5, 0.6) is 0 Å². The van der Waals surface area contributed by atoms with Crippen molar-refractivity contribution in [3.8, 4) is 0 Å². The number of nitrogens with two attached hydrogens (primary N) is 1. The zero-order valence-corrected chi connectivity index (χ0v) is 6.44. The SMILES string of the molecule is [2H]C([2H])(C)CSSC([2H])([2H])CN. The minimum absolute atomic E-state index is 0.0443. The Bertz CT molecular complexity index is 136. The lowest BCUT2D eigenvalue weighted by Crippen LogP contribution is -1.99. The highest BCUT2D eigenvalue weighted by Gasteiger charge is 1.83. The predicted octanol–water partition coefficient (Wildman–Crippen LogP) is 1.74. The van der Waals surface area contributed by atoms with Crippen molar-refractivity contribution in [3.05, 3.63) is 0 Å². The van der Waals surface area contributed by atoms with E-state index in [2.05, 4.69) is 0 Å². The molecule has 0 aromatic heterocycles. The van der Waals surface area contributed by atoms with Crippen molar-refractivity contribution in [1.29, 1.82) is 0 Å². The maximum atomic E-state index is 7.24. The van der Waals surface area contributed by atoms with Gasteiger partial charge in [0.1, 0.15) is 0 Å². The third kappa shape index (κ3) is 6.66. The largest absolute Gasteiger partial charge is 0.330 e. The molecule has 1 nitrogen and oxygen atoms in total. The molecule has 2 N–H and O–H groups in total. The van der Waals surface area contributed by atoms with Gasteiger partial charge in [-0.15, -0.1) is 0 Å². The number of hydrogen-bond donors (Lipinski definition) is 1. The van der Waals surface area contributed by atoms with Crippen molar-refractivity contribution in [2.75, 3.05) is 18.0 Å². The molecule has 0 radical (unpaired) electrons. The van der Waals surface area contributed by atoms with Gasteiger partial charge in [0.2, 0.25) is 0 Å². The lowest BCUT2D eigenvalue weighted by atomic mass is 10.6. The molecule has 0 bridgehead atoms. The molecule has 0 aromatic rings. The Hall–Kier alpha value is 0.660. The van der Waals surface area contributed by atoms with Gasteiger partial charge in [-0.25, -0.2) is 0 Å². The van der Waals surface area contributed by atoms with E-state index in [1.807, 2.05) is 0 Å². The maximum absolute atomic E-state index is 7.24. The van der Waals surface area contributed by atoms with Crippen LogP contribution in [0.1, 0.15) is 18.8 Å². The Labute approximate surface area is 64.8 Å². The fraction of sp³-hybridized carbons (Fsp3) is 1.00. The molecular formula is C5H13NS2. The minimum Gasteiger partial charge on any atom is -0.330 e. The third-order valence-electron chi connectivity index (χ3n) is 0.404. The molecule has 0 aliphatic heterocycles. The summed E-state index contributed by atoms with van der Waals surface area (Å²) >= 11 is 0. The standard InChI is InChI=1S/C5H13NS2/c1-2-4-7-8-5-3-6/h2-6H2,1H3/i2D2,5D2. The number of rotatable bonds is 5. The maximum Gasteiger partial charge on any atom is 0.0402 e. The Morgan fingerprint density at radius 3 is 2.88 bits per heavy atom. The van der Waals surface area contributed by atoms with E-state index in [1.165, 1.54) is 17.7 Å². The lowest BCUT2D eigenvalue weighted by Gasteiger charge is -1.93. The van der Waals surface area contributed by atoms with Crippen LogP contribution in [0, 0.1) is 0 Å². The highest BCUT2D eigenvalue weighted by Crippen LogP contribution is 2.20. The first-order valence-electron chi connectivity index (χ1n) is 4.27. The molecule has 0 fully saturated rings. The molecule has 0 saturated carbocycles. The van der Waals surface area contributed by atoms with Gasteiger partial charge in [-0.05, 0) is 6.37 Å². The van der Waals surface area contributed by atoms with Gasteiger partial charge in [0.25, 0.3) is 0 Å². The van der Waals surface area contributed by atoms with E-state index in [1.54, 1.807) is 0 Å². The zero-order valence-electron chi connectivity index (χ0n) is 8.81. The van der Waals surface area contributed by atoms with Crippen LogP contribution >= 0.6 is 21.6 Å². The molecule has 8 heavy (non-hydrogen) atoms. The van der Waals surface area contributed by atoms with E-state index in [-0.39, 0.29) is 12.3 Å². The molecule has 0 unspecified atom stereocenters. The summed E-state index contributed by atoms with van der Waals surface area (Å²) in [4.78, 5) is 0. The Morgan fingerprint density at radius 1 is 1.62 bits per heavy atom. The molecule has 0 aliphatic rings. The van der Waals surface area contributed by atoms with Crippen molar-refractivity contribution < 1.29 is 5.48 Å². The van der Waals surface area contributed by atoms with Crippen LogP contribution in [0.2, 0.25) is 0 Å². The average molecular weight is 155 g/mol. The van der Waals surface area contributed by atoms with E-state index in [0.29, 0.717) is 0 Å². The smallest absolute Gasteiger partial charge is 0.0402 e. The van der Waals surface area contributed by atoms with E-state index >= 15 is 0 Å².